The van der Waals surface area contributed by atoms with E-state index in [9.17, 15) is 9.59 Å². The van der Waals surface area contributed by atoms with E-state index >= 15 is 0 Å². The van der Waals surface area contributed by atoms with Crippen LogP contribution in [0.5, 0.6) is 0 Å². The van der Waals surface area contributed by atoms with Crippen molar-refractivity contribution in [1.29, 1.82) is 0 Å². The lowest BCUT2D eigenvalue weighted by Gasteiger charge is -2.25. The summed E-state index contributed by atoms with van der Waals surface area (Å²) in [6, 6.07) is -0.397. The Morgan fingerprint density at radius 2 is 2.18 bits per heavy atom. The third kappa shape index (κ3) is 4.00. The van der Waals surface area contributed by atoms with Gasteiger partial charge in [0.25, 0.3) is 0 Å². The van der Waals surface area contributed by atoms with Gasteiger partial charge in [0.05, 0.1) is 6.61 Å². The van der Waals surface area contributed by atoms with Crippen LogP contribution in [0, 0.1) is 5.92 Å². The first-order valence-electron chi connectivity index (χ1n) is 6.22. The van der Waals surface area contributed by atoms with E-state index in [1.165, 1.54) is 0 Å². The summed E-state index contributed by atoms with van der Waals surface area (Å²) in [7, 11) is 0. The smallest absolute Gasteiger partial charge is 0.245 e. The molecule has 0 aromatic carbocycles. The van der Waals surface area contributed by atoms with Gasteiger partial charge in [-0.25, -0.2) is 0 Å². The Morgan fingerprint density at radius 1 is 1.47 bits per heavy atom. The molecule has 5 heteroatoms. The molecule has 1 heterocycles. The molecule has 0 bridgehead atoms. The van der Waals surface area contributed by atoms with E-state index in [0.29, 0.717) is 32.7 Å². The normalized spacial score (nSPS) is 21.6. The van der Waals surface area contributed by atoms with Crippen LogP contribution in [0.3, 0.4) is 0 Å². The van der Waals surface area contributed by atoms with Gasteiger partial charge in [0.1, 0.15) is 6.04 Å². The molecule has 0 saturated carbocycles. The molecule has 1 atom stereocenters. The fourth-order valence-corrected chi connectivity index (χ4v) is 1.84. The van der Waals surface area contributed by atoms with Crippen molar-refractivity contribution < 1.29 is 14.3 Å². The summed E-state index contributed by atoms with van der Waals surface area (Å²) in [5.41, 5.74) is 0. The SMILES string of the molecule is CCOCCN1CCC(=O)NC(C(C)C)C1=O. The predicted molar refractivity (Wildman–Crippen MR) is 64.5 cm³/mol. The maximum Gasteiger partial charge on any atom is 0.245 e. The van der Waals surface area contributed by atoms with Gasteiger partial charge in [-0.1, -0.05) is 13.8 Å². The van der Waals surface area contributed by atoms with E-state index in [1.807, 2.05) is 20.8 Å². The lowest BCUT2D eigenvalue weighted by atomic mass is 10.0. The first-order chi connectivity index (χ1) is 8.06. The van der Waals surface area contributed by atoms with Crippen LogP contribution in [-0.2, 0) is 14.3 Å². The van der Waals surface area contributed by atoms with Crippen molar-refractivity contribution in [2.45, 2.75) is 33.2 Å². The number of hydrogen-bond acceptors (Lipinski definition) is 3. The summed E-state index contributed by atoms with van der Waals surface area (Å²) < 4.78 is 5.25. The fourth-order valence-electron chi connectivity index (χ4n) is 1.84. The van der Waals surface area contributed by atoms with Gasteiger partial charge >= 0.3 is 0 Å². The second-order valence-corrected chi connectivity index (χ2v) is 4.56. The second-order valence-electron chi connectivity index (χ2n) is 4.56. The van der Waals surface area contributed by atoms with E-state index in [2.05, 4.69) is 5.32 Å². The molecule has 1 aliphatic rings. The third-order valence-corrected chi connectivity index (χ3v) is 2.88. The van der Waals surface area contributed by atoms with Crippen LogP contribution >= 0.6 is 0 Å². The van der Waals surface area contributed by atoms with Crippen LogP contribution in [0.25, 0.3) is 0 Å². The molecule has 5 nitrogen and oxygen atoms in total. The number of carbonyl (C=O) groups excluding carboxylic acids is 2. The second kappa shape index (κ2) is 6.59. The molecule has 0 aromatic rings. The molecule has 98 valence electrons. The van der Waals surface area contributed by atoms with Crippen LogP contribution in [-0.4, -0.2) is 49.1 Å². The molecule has 0 radical (unpaired) electrons. The molecule has 1 N–H and O–H groups in total. The zero-order valence-electron chi connectivity index (χ0n) is 10.9. The van der Waals surface area contributed by atoms with Gasteiger partial charge in [0, 0.05) is 26.1 Å². The van der Waals surface area contributed by atoms with Crippen molar-refractivity contribution in [3.63, 3.8) is 0 Å². The fraction of sp³-hybridized carbons (Fsp3) is 0.833. The molecule has 1 unspecified atom stereocenters. The minimum atomic E-state index is -0.397. The Morgan fingerprint density at radius 3 is 2.76 bits per heavy atom. The Balaban J connectivity index is 2.63. The lowest BCUT2D eigenvalue weighted by Crippen LogP contribution is -2.48. The minimum absolute atomic E-state index is 0.00514. The summed E-state index contributed by atoms with van der Waals surface area (Å²) >= 11 is 0. The van der Waals surface area contributed by atoms with Crippen molar-refractivity contribution in [2.75, 3.05) is 26.3 Å². The van der Waals surface area contributed by atoms with Crippen LogP contribution in [0.4, 0.5) is 0 Å². The molecule has 0 spiro atoms. The number of rotatable bonds is 5. The minimum Gasteiger partial charge on any atom is -0.380 e. The van der Waals surface area contributed by atoms with Crippen LogP contribution in [0.2, 0.25) is 0 Å². The molecule has 0 aliphatic carbocycles. The zero-order valence-corrected chi connectivity index (χ0v) is 10.9. The largest absolute Gasteiger partial charge is 0.380 e. The molecule has 1 rings (SSSR count). The molecular formula is C12H22N2O3. The molecule has 2 amide bonds. The van der Waals surface area contributed by atoms with E-state index < -0.39 is 6.04 Å². The molecular weight excluding hydrogens is 220 g/mol. The van der Waals surface area contributed by atoms with Crippen LogP contribution in [0.15, 0.2) is 0 Å². The standard InChI is InChI=1S/C12H22N2O3/c1-4-17-8-7-14-6-5-10(15)13-11(9(2)3)12(14)16/h9,11H,4-8H2,1-3H3,(H,13,15). The highest BCUT2D eigenvalue weighted by atomic mass is 16.5. The van der Waals surface area contributed by atoms with E-state index in [1.54, 1.807) is 4.90 Å². The van der Waals surface area contributed by atoms with Crippen molar-refractivity contribution in [1.82, 2.24) is 10.2 Å². The summed E-state index contributed by atoms with van der Waals surface area (Å²) in [5.74, 6) is 0.0701. The number of carbonyl (C=O) groups is 2. The summed E-state index contributed by atoms with van der Waals surface area (Å²) in [6.07, 6.45) is 0.376. The highest BCUT2D eigenvalue weighted by molar-refractivity contribution is 5.90. The van der Waals surface area contributed by atoms with Gasteiger partial charge in [0.15, 0.2) is 0 Å². The average molecular weight is 242 g/mol. The summed E-state index contributed by atoms with van der Waals surface area (Å²) in [4.78, 5) is 25.4. The van der Waals surface area contributed by atoms with Crippen molar-refractivity contribution in [2.24, 2.45) is 5.92 Å². The average Bonchev–Trinajstić information content (AvgIpc) is 2.41. The maximum absolute atomic E-state index is 12.2. The van der Waals surface area contributed by atoms with E-state index in [4.69, 9.17) is 4.74 Å². The lowest BCUT2D eigenvalue weighted by molar-refractivity contribution is -0.135. The molecule has 17 heavy (non-hydrogen) atoms. The van der Waals surface area contributed by atoms with Gasteiger partial charge in [-0.05, 0) is 12.8 Å². The van der Waals surface area contributed by atoms with Crippen molar-refractivity contribution in [3.8, 4) is 0 Å². The summed E-state index contributed by atoms with van der Waals surface area (Å²) in [5, 5.41) is 2.78. The Bertz CT molecular complexity index is 279. The Kier molecular flexibility index (Phi) is 5.41. The number of nitrogens with one attached hydrogen (secondary N) is 1. The van der Waals surface area contributed by atoms with Gasteiger partial charge in [0.2, 0.25) is 11.8 Å². The number of amides is 2. The molecule has 1 aliphatic heterocycles. The molecule has 0 aromatic heterocycles. The van der Waals surface area contributed by atoms with Crippen LogP contribution in [0.1, 0.15) is 27.2 Å². The van der Waals surface area contributed by atoms with Crippen LogP contribution < -0.4 is 5.32 Å². The van der Waals surface area contributed by atoms with Crippen molar-refractivity contribution in [3.05, 3.63) is 0 Å². The summed E-state index contributed by atoms with van der Waals surface area (Å²) in [6.45, 7) is 8.02. The van der Waals surface area contributed by atoms with Gasteiger partial charge in [-0.3, -0.25) is 9.59 Å². The van der Waals surface area contributed by atoms with E-state index in [0.717, 1.165) is 0 Å². The quantitative estimate of drug-likeness (QED) is 0.710. The first kappa shape index (κ1) is 14.0. The predicted octanol–water partition coefficient (Wildman–Crippen LogP) is 0.396. The number of nitrogens with zero attached hydrogens (tertiary/aromatic N) is 1. The highest BCUT2D eigenvalue weighted by Gasteiger charge is 2.31. The van der Waals surface area contributed by atoms with Gasteiger partial charge < -0.3 is 15.0 Å². The Hall–Kier alpha value is -1.10. The van der Waals surface area contributed by atoms with Gasteiger partial charge in [-0.15, -0.1) is 0 Å². The topological polar surface area (TPSA) is 58.6 Å². The first-order valence-corrected chi connectivity index (χ1v) is 6.22. The number of hydrogen-bond donors (Lipinski definition) is 1. The third-order valence-electron chi connectivity index (χ3n) is 2.88. The van der Waals surface area contributed by atoms with Gasteiger partial charge in [-0.2, -0.15) is 0 Å². The van der Waals surface area contributed by atoms with Crippen molar-refractivity contribution >= 4 is 11.8 Å². The monoisotopic (exact) mass is 242 g/mol. The highest BCUT2D eigenvalue weighted by Crippen LogP contribution is 2.10. The van der Waals surface area contributed by atoms with E-state index in [-0.39, 0.29) is 17.7 Å². The Labute approximate surface area is 102 Å². The molecule has 1 saturated heterocycles. The maximum atomic E-state index is 12.2. The zero-order chi connectivity index (χ0) is 12.8. The molecule has 1 fully saturated rings. The number of ether oxygens (including phenoxy) is 1.